The van der Waals surface area contributed by atoms with E-state index in [1.54, 1.807) is 22.9 Å². The molecule has 21 heavy (non-hydrogen) atoms. The van der Waals surface area contributed by atoms with Crippen LogP contribution in [-0.2, 0) is 27.9 Å². The highest BCUT2D eigenvalue weighted by Gasteiger charge is 2.25. The summed E-state index contributed by atoms with van der Waals surface area (Å²) in [5.74, 6) is 0.0661. The number of hydrogen-bond donors (Lipinski definition) is 1. The minimum atomic E-state index is -3.20. The third-order valence-corrected chi connectivity index (χ3v) is 5.43. The Morgan fingerprint density at radius 1 is 1.57 bits per heavy atom. The van der Waals surface area contributed by atoms with Gasteiger partial charge in [-0.05, 0) is 18.4 Å². The molecular formula is C12H16N4O3S2. The van der Waals surface area contributed by atoms with E-state index in [2.05, 4.69) is 15.0 Å². The Hall–Kier alpha value is -1.29. The first-order chi connectivity index (χ1) is 10.1. The summed E-state index contributed by atoms with van der Waals surface area (Å²) >= 11 is 1.61. The molecule has 3 rings (SSSR count). The van der Waals surface area contributed by atoms with Crippen LogP contribution in [0.15, 0.2) is 16.8 Å². The van der Waals surface area contributed by atoms with Gasteiger partial charge in [0.1, 0.15) is 5.69 Å². The van der Waals surface area contributed by atoms with Crippen LogP contribution in [0.1, 0.15) is 12.6 Å². The average Bonchev–Trinajstić information content (AvgIpc) is 3.13. The van der Waals surface area contributed by atoms with Gasteiger partial charge in [-0.3, -0.25) is 0 Å². The molecule has 0 saturated carbocycles. The largest absolute Gasteiger partial charge is 0.369 e. The molecule has 0 radical (unpaired) electrons. The third kappa shape index (κ3) is 3.15. The standard InChI is InChI=1S/C12H16N4O3S2/c1-2-21(17,18)13-5-10-6-16-11(7-19-10)12(14-15-16)9-3-4-20-8-9/h3-4,8,10,13H,2,5-7H2,1H3. The van der Waals surface area contributed by atoms with E-state index in [9.17, 15) is 8.42 Å². The lowest BCUT2D eigenvalue weighted by Gasteiger charge is -2.24. The zero-order valence-electron chi connectivity index (χ0n) is 11.5. The van der Waals surface area contributed by atoms with Crippen molar-refractivity contribution in [2.75, 3.05) is 12.3 Å². The molecule has 1 N–H and O–H groups in total. The van der Waals surface area contributed by atoms with E-state index in [0.717, 1.165) is 17.0 Å². The molecule has 1 unspecified atom stereocenters. The molecule has 1 atom stereocenters. The highest BCUT2D eigenvalue weighted by atomic mass is 32.2. The highest BCUT2D eigenvalue weighted by molar-refractivity contribution is 7.89. The van der Waals surface area contributed by atoms with Crippen molar-refractivity contribution in [2.24, 2.45) is 0 Å². The number of thiophene rings is 1. The predicted molar refractivity (Wildman–Crippen MR) is 79.4 cm³/mol. The Labute approximate surface area is 127 Å². The van der Waals surface area contributed by atoms with E-state index in [0.29, 0.717) is 13.2 Å². The van der Waals surface area contributed by atoms with Crippen molar-refractivity contribution in [3.8, 4) is 11.3 Å². The van der Waals surface area contributed by atoms with Gasteiger partial charge in [0.25, 0.3) is 0 Å². The summed E-state index contributed by atoms with van der Waals surface area (Å²) in [6.45, 7) is 2.74. The van der Waals surface area contributed by atoms with Crippen LogP contribution in [0.5, 0.6) is 0 Å². The molecule has 0 bridgehead atoms. The van der Waals surface area contributed by atoms with E-state index in [1.165, 1.54) is 0 Å². The first kappa shape index (κ1) is 14.6. The molecule has 0 saturated heterocycles. The summed E-state index contributed by atoms with van der Waals surface area (Å²) in [7, 11) is -3.20. The Balaban J connectivity index is 1.70. The zero-order valence-corrected chi connectivity index (χ0v) is 13.2. The molecule has 2 aromatic rings. The summed E-state index contributed by atoms with van der Waals surface area (Å²) < 4.78 is 32.9. The van der Waals surface area contributed by atoms with E-state index < -0.39 is 10.0 Å². The zero-order chi connectivity index (χ0) is 14.9. The monoisotopic (exact) mass is 328 g/mol. The van der Waals surface area contributed by atoms with E-state index in [1.807, 2.05) is 16.8 Å². The summed E-state index contributed by atoms with van der Waals surface area (Å²) in [4.78, 5) is 0. The van der Waals surface area contributed by atoms with Gasteiger partial charge >= 0.3 is 0 Å². The quantitative estimate of drug-likeness (QED) is 0.879. The first-order valence-corrected chi connectivity index (χ1v) is 9.22. The van der Waals surface area contributed by atoms with Gasteiger partial charge in [0.05, 0.1) is 30.7 Å². The second-order valence-electron chi connectivity index (χ2n) is 4.76. The van der Waals surface area contributed by atoms with Crippen LogP contribution in [0.2, 0.25) is 0 Å². The Bertz CT molecular complexity index is 709. The molecule has 0 fully saturated rings. The van der Waals surface area contributed by atoms with Crippen LogP contribution in [-0.4, -0.2) is 41.8 Å². The molecule has 1 aliphatic heterocycles. The van der Waals surface area contributed by atoms with Crippen molar-refractivity contribution in [2.45, 2.75) is 26.2 Å². The van der Waals surface area contributed by atoms with Crippen LogP contribution < -0.4 is 4.72 Å². The first-order valence-electron chi connectivity index (χ1n) is 6.63. The lowest BCUT2D eigenvalue weighted by atomic mass is 10.2. The van der Waals surface area contributed by atoms with Crippen molar-refractivity contribution in [3.63, 3.8) is 0 Å². The summed E-state index contributed by atoms with van der Waals surface area (Å²) in [5.41, 5.74) is 2.81. The molecule has 3 heterocycles. The van der Waals surface area contributed by atoms with Crippen molar-refractivity contribution in [1.29, 1.82) is 0 Å². The maximum Gasteiger partial charge on any atom is 0.211 e. The van der Waals surface area contributed by atoms with Crippen molar-refractivity contribution >= 4 is 21.4 Å². The fourth-order valence-corrected chi connectivity index (χ4v) is 3.42. The van der Waals surface area contributed by atoms with Crippen LogP contribution in [0.3, 0.4) is 0 Å². The minimum Gasteiger partial charge on any atom is -0.369 e. The van der Waals surface area contributed by atoms with Crippen LogP contribution >= 0.6 is 11.3 Å². The third-order valence-electron chi connectivity index (χ3n) is 3.38. The molecule has 0 spiro atoms. The van der Waals surface area contributed by atoms with E-state index in [4.69, 9.17) is 4.74 Å². The van der Waals surface area contributed by atoms with Gasteiger partial charge in [0, 0.05) is 17.5 Å². The Kier molecular flexibility index (Phi) is 4.07. The second-order valence-corrected chi connectivity index (χ2v) is 7.64. The normalized spacial score (nSPS) is 18.6. The van der Waals surface area contributed by atoms with Crippen molar-refractivity contribution in [3.05, 3.63) is 22.5 Å². The smallest absolute Gasteiger partial charge is 0.211 e. The molecule has 114 valence electrons. The van der Waals surface area contributed by atoms with E-state index >= 15 is 0 Å². The predicted octanol–water partition coefficient (Wildman–Crippen LogP) is 0.845. The number of hydrogen-bond acceptors (Lipinski definition) is 6. The number of fused-ring (bicyclic) bond motifs is 1. The Morgan fingerprint density at radius 3 is 3.14 bits per heavy atom. The molecule has 2 aromatic heterocycles. The maximum absolute atomic E-state index is 11.4. The highest BCUT2D eigenvalue weighted by Crippen LogP contribution is 2.26. The molecule has 0 amide bonds. The van der Waals surface area contributed by atoms with Gasteiger partial charge in [0.15, 0.2) is 0 Å². The number of aromatic nitrogens is 3. The second kappa shape index (κ2) is 5.84. The summed E-state index contributed by atoms with van der Waals surface area (Å²) in [5, 5.41) is 12.4. The van der Waals surface area contributed by atoms with Crippen LogP contribution in [0.25, 0.3) is 11.3 Å². The molecule has 7 nitrogen and oxygen atoms in total. The van der Waals surface area contributed by atoms with Crippen molar-refractivity contribution < 1.29 is 13.2 Å². The SMILES string of the molecule is CCS(=O)(=O)NCC1Cn2nnc(-c3ccsc3)c2CO1. The average molecular weight is 328 g/mol. The summed E-state index contributed by atoms with van der Waals surface area (Å²) in [6.07, 6.45) is -0.226. The van der Waals surface area contributed by atoms with Gasteiger partial charge < -0.3 is 4.74 Å². The number of nitrogens with zero attached hydrogens (tertiary/aromatic N) is 3. The molecule has 0 aromatic carbocycles. The molecule has 0 aliphatic carbocycles. The molecule has 9 heteroatoms. The van der Waals surface area contributed by atoms with Crippen LogP contribution in [0.4, 0.5) is 0 Å². The lowest BCUT2D eigenvalue weighted by molar-refractivity contribution is 0.00432. The lowest BCUT2D eigenvalue weighted by Crippen LogP contribution is -2.39. The summed E-state index contributed by atoms with van der Waals surface area (Å²) in [6, 6.07) is 2.00. The number of ether oxygens (including phenoxy) is 1. The maximum atomic E-state index is 11.4. The van der Waals surface area contributed by atoms with Gasteiger partial charge in [-0.25, -0.2) is 17.8 Å². The number of sulfonamides is 1. The van der Waals surface area contributed by atoms with Crippen molar-refractivity contribution in [1.82, 2.24) is 19.7 Å². The van der Waals surface area contributed by atoms with Gasteiger partial charge in [0.2, 0.25) is 10.0 Å². The number of rotatable bonds is 5. The molecular weight excluding hydrogens is 312 g/mol. The fourth-order valence-electron chi connectivity index (χ4n) is 2.13. The van der Waals surface area contributed by atoms with Gasteiger partial charge in [-0.2, -0.15) is 11.3 Å². The van der Waals surface area contributed by atoms with E-state index in [-0.39, 0.29) is 18.4 Å². The number of nitrogens with one attached hydrogen (secondary N) is 1. The fraction of sp³-hybridized carbons (Fsp3) is 0.500. The van der Waals surface area contributed by atoms with Gasteiger partial charge in [-0.15, -0.1) is 5.10 Å². The Morgan fingerprint density at radius 2 is 2.43 bits per heavy atom. The van der Waals surface area contributed by atoms with Crippen LogP contribution in [0, 0.1) is 0 Å². The molecule has 1 aliphatic rings. The minimum absolute atomic E-state index is 0.0661. The topological polar surface area (TPSA) is 86.1 Å². The van der Waals surface area contributed by atoms with Gasteiger partial charge in [-0.1, -0.05) is 5.21 Å².